The van der Waals surface area contributed by atoms with Crippen LogP contribution in [0.25, 0.3) is 0 Å². The van der Waals surface area contributed by atoms with Crippen LogP contribution < -0.4 is 0 Å². The molecule has 0 fully saturated rings. The monoisotopic (exact) mass is 258 g/mol. The van der Waals surface area contributed by atoms with E-state index in [-0.39, 0.29) is 0 Å². The van der Waals surface area contributed by atoms with Crippen molar-refractivity contribution in [2.45, 2.75) is 19.3 Å². The van der Waals surface area contributed by atoms with E-state index in [4.69, 9.17) is 11.6 Å². The van der Waals surface area contributed by atoms with Gasteiger partial charge >= 0.3 is 0 Å². The highest BCUT2D eigenvalue weighted by Gasteiger charge is 1.98. The van der Waals surface area contributed by atoms with Crippen molar-refractivity contribution in [2.75, 3.05) is 0 Å². The molecule has 1 aromatic rings. The molecule has 0 nitrogen and oxygen atoms in total. The average molecular weight is 260 g/mol. The Morgan fingerprint density at radius 3 is 2.69 bits per heavy atom. The van der Waals surface area contributed by atoms with E-state index in [1.165, 1.54) is 5.56 Å². The summed E-state index contributed by atoms with van der Waals surface area (Å²) >= 11 is 9.34. The molecule has 70 valence electrons. The van der Waals surface area contributed by atoms with E-state index in [0.29, 0.717) is 0 Å². The lowest BCUT2D eigenvalue weighted by atomic mass is 10.1. The van der Waals surface area contributed by atoms with Gasteiger partial charge in [-0.15, -0.1) is 0 Å². The molecule has 0 aliphatic rings. The number of rotatable bonds is 4. The summed E-state index contributed by atoms with van der Waals surface area (Å²) in [5.74, 6) is 0. The molecule has 0 N–H and O–H groups in total. The highest BCUT2D eigenvalue weighted by Crippen LogP contribution is 2.19. The molecule has 13 heavy (non-hydrogen) atoms. The summed E-state index contributed by atoms with van der Waals surface area (Å²) in [5.41, 5.74) is 1.22. The fourth-order valence-corrected chi connectivity index (χ4v) is 1.68. The predicted octanol–water partition coefficient (Wildman–Crippen LogP) is 4.57. The number of hydrogen-bond donors (Lipinski definition) is 0. The zero-order chi connectivity index (χ0) is 9.68. The molecule has 0 atom stereocenters. The largest absolute Gasteiger partial charge is 0.0889 e. The Kier molecular flexibility index (Phi) is 4.54. The van der Waals surface area contributed by atoms with Crippen LogP contribution in [0, 0.1) is 0 Å². The van der Waals surface area contributed by atoms with Crippen LogP contribution >= 0.6 is 27.5 Å². The smallest absolute Gasteiger partial charge is 0.0437 e. The molecular weight excluding hydrogens is 247 g/mol. The molecule has 0 heterocycles. The zero-order valence-electron chi connectivity index (χ0n) is 7.39. The third-order valence-electron chi connectivity index (χ3n) is 1.85. The van der Waals surface area contributed by atoms with Gasteiger partial charge in [-0.2, -0.15) is 0 Å². The van der Waals surface area contributed by atoms with Crippen LogP contribution in [-0.2, 0) is 6.42 Å². The minimum atomic E-state index is 0.864. The summed E-state index contributed by atoms with van der Waals surface area (Å²) in [4.78, 5) is 0. The Hall–Kier alpha value is -0.270. The molecule has 0 unspecified atom stereocenters. The predicted molar refractivity (Wildman–Crippen MR) is 62.5 cm³/mol. The minimum absolute atomic E-state index is 0.864. The van der Waals surface area contributed by atoms with Gasteiger partial charge in [-0.25, -0.2) is 0 Å². The van der Waals surface area contributed by atoms with Crippen LogP contribution in [0.4, 0.5) is 0 Å². The molecule has 1 rings (SSSR count). The first kappa shape index (κ1) is 10.8. The van der Waals surface area contributed by atoms with Crippen molar-refractivity contribution in [2.24, 2.45) is 0 Å². The Morgan fingerprint density at radius 1 is 1.38 bits per heavy atom. The summed E-state index contributed by atoms with van der Waals surface area (Å²) < 4.78 is 1.06. The van der Waals surface area contributed by atoms with E-state index >= 15 is 0 Å². The molecule has 0 spiro atoms. The quantitative estimate of drug-likeness (QED) is 0.743. The molecule has 0 aromatic heterocycles. The van der Waals surface area contributed by atoms with Crippen LogP contribution in [0.3, 0.4) is 0 Å². The van der Waals surface area contributed by atoms with E-state index in [1.54, 1.807) is 0 Å². The standard InChI is InChI=1S/C11H12BrCl/c1-9(12)5-4-7-10-6-2-3-8-11(10)13/h2-3,6,8H,1,4-5,7H2. The molecule has 0 aliphatic carbocycles. The fraction of sp³-hybridized carbons (Fsp3) is 0.273. The maximum atomic E-state index is 6.01. The number of allylic oxidation sites excluding steroid dienone is 1. The van der Waals surface area contributed by atoms with Crippen molar-refractivity contribution in [3.05, 3.63) is 45.9 Å². The zero-order valence-corrected chi connectivity index (χ0v) is 9.74. The Bertz CT molecular complexity index is 294. The molecular formula is C11H12BrCl. The van der Waals surface area contributed by atoms with Crippen LogP contribution in [0.5, 0.6) is 0 Å². The summed E-state index contributed by atoms with van der Waals surface area (Å²) in [5, 5.41) is 0.864. The van der Waals surface area contributed by atoms with Gasteiger partial charge in [0.05, 0.1) is 0 Å². The number of hydrogen-bond acceptors (Lipinski definition) is 0. The van der Waals surface area contributed by atoms with Gasteiger partial charge in [0.2, 0.25) is 0 Å². The maximum absolute atomic E-state index is 6.01. The van der Waals surface area contributed by atoms with Crippen molar-refractivity contribution >= 4 is 27.5 Å². The lowest BCUT2D eigenvalue weighted by molar-refractivity contribution is 0.839. The second kappa shape index (κ2) is 5.46. The van der Waals surface area contributed by atoms with E-state index in [2.05, 4.69) is 28.6 Å². The Labute approximate surface area is 92.7 Å². The van der Waals surface area contributed by atoms with Gasteiger partial charge in [-0.05, 0) is 35.4 Å². The number of halogens is 2. The summed E-state index contributed by atoms with van der Waals surface area (Å²) in [6.07, 6.45) is 3.11. The molecule has 0 amide bonds. The van der Waals surface area contributed by atoms with Gasteiger partial charge in [0.1, 0.15) is 0 Å². The Balaban J connectivity index is 2.45. The van der Waals surface area contributed by atoms with E-state index in [9.17, 15) is 0 Å². The topological polar surface area (TPSA) is 0 Å². The first-order valence-corrected chi connectivity index (χ1v) is 5.44. The van der Waals surface area contributed by atoms with Gasteiger partial charge in [0.25, 0.3) is 0 Å². The van der Waals surface area contributed by atoms with Gasteiger partial charge in [0.15, 0.2) is 0 Å². The second-order valence-electron chi connectivity index (χ2n) is 2.96. The van der Waals surface area contributed by atoms with Crippen molar-refractivity contribution in [1.82, 2.24) is 0 Å². The average Bonchev–Trinajstić information content (AvgIpc) is 2.08. The lowest BCUT2D eigenvalue weighted by Gasteiger charge is -2.02. The van der Waals surface area contributed by atoms with Gasteiger partial charge < -0.3 is 0 Å². The van der Waals surface area contributed by atoms with Crippen molar-refractivity contribution < 1.29 is 0 Å². The summed E-state index contributed by atoms with van der Waals surface area (Å²) in [6, 6.07) is 7.97. The minimum Gasteiger partial charge on any atom is -0.0889 e. The van der Waals surface area contributed by atoms with Crippen molar-refractivity contribution in [3.8, 4) is 0 Å². The van der Waals surface area contributed by atoms with Gasteiger partial charge in [-0.3, -0.25) is 0 Å². The highest BCUT2D eigenvalue weighted by atomic mass is 79.9. The molecule has 2 heteroatoms. The third kappa shape index (κ3) is 3.97. The van der Waals surface area contributed by atoms with Gasteiger partial charge in [0, 0.05) is 5.02 Å². The fourth-order valence-electron chi connectivity index (χ4n) is 1.17. The van der Waals surface area contributed by atoms with E-state index < -0.39 is 0 Å². The van der Waals surface area contributed by atoms with E-state index in [0.717, 1.165) is 28.8 Å². The first-order chi connectivity index (χ1) is 6.20. The highest BCUT2D eigenvalue weighted by molar-refractivity contribution is 9.11. The lowest BCUT2D eigenvalue weighted by Crippen LogP contribution is -1.86. The van der Waals surface area contributed by atoms with E-state index in [1.807, 2.05) is 18.2 Å². The van der Waals surface area contributed by atoms with Crippen LogP contribution in [0.15, 0.2) is 35.3 Å². The molecule has 1 aromatic carbocycles. The first-order valence-electron chi connectivity index (χ1n) is 4.27. The normalized spacial score (nSPS) is 10.0. The number of aryl methyl sites for hydroxylation is 1. The van der Waals surface area contributed by atoms with Gasteiger partial charge in [-0.1, -0.05) is 52.3 Å². The summed E-state index contributed by atoms with van der Waals surface area (Å²) in [7, 11) is 0. The molecule has 0 aliphatic heterocycles. The Morgan fingerprint density at radius 2 is 2.08 bits per heavy atom. The number of benzene rings is 1. The van der Waals surface area contributed by atoms with Crippen molar-refractivity contribution in [1.29, 1.82) is 0 Å². The van der Waals surface area contributed by atoms with Crippen LogP contribution in [0.2, 0.25) is 5.02 Å². The third-order valence-corrected chi connectivity index (χ3v) is 2.62. The van der Waals surface area contributed by atoms with Crippen LogP contribution in [-0.4, -0.2) is 0 Å². The molecule has 0 radical (unpaired) electrons. The molecule has 0 bridgehead atoms. The molecule has 0 saturated carbocycles. The van der Waals surface area contributed by atoms with Crippen LogP contribution in [0.1, 0.15) is 18.4 Å². The van der Waals surface area contributed by atoms with Crippen molar-refractivity contribution in [3.63, 3.8) is 0 Å². The second-order valence-corrected chi connectivity index (χ2v) is 4.49. The SMILES string of the molecule is C=C(Br)CCCc1ccccc1Cl. The maximum Gasteiger partial charge on any atom is 0.0437 e. The molecule has 0 saturated heterocycles. The summed E-state index contributed by atoms with van der Waals surface area (Å²) in [6.45, 7) is 3.79.